The first-order chi connectivity index (χ1) is 8.67. The van der Waals surface area contributed by atoms with Gasteiger partial charge in [0.15, 0.2) is 0 Å². The van der Waals surface area contributed by atoms with Crippen molar-refractivity contribution in [3.8, 4) is 0 Å². The second kappa shape index (κ2) is 8.31. The SMILES string of the molecule is CCCCc1ccc(C(C)NCC(C)CC)cc1. The number of aryl methyl sites for hydroxylation is 1. The van der Waals surface area contributed by atoms with E-state index in [4.69, 9.17) is 0 Å². The highest BCUT2D eigenvalue weighted by molar-refractivity contribution is 5.24. The van der Waals surface area contributed by atoms with Crippen LogP contribution in [0.3, 0.4) is 0 Å². The summed E-state index contributed by atoms with van der Waals surface area (Å²) in [7, 11) is 0. The van der Waals surface area contributed by atoms with Gasteiger partial charge in [-0.2, -0.15) is 0 Å². The Morgan fingerprint density at radius 3 is 2.28 bits per heavy atom. The lowest BCUT2D eigenvalue weighted by Crippen LogP contribution is -2.24. The molecule has 102 valence electrons. The fraction of sp³-hybridized carbons (Fsp3) is 0.647. The molecule has 1 nitrogen and oxygen atoms in total. The van der Waals surface area contributed by atoms with Crippen LogP contribution in [-0.2, 0) is 6.42 Å². The minimum Gasteiger partial charge on any atom is -0.310 e. The maximum absolute atomic E-state index is 3.61. The maximum atomic E-state index is 3.61. The zero-order chi connectivity index (χ0) is 13.4. The van der Waals surface area contributed by atoms with Crippen molar-refractivity contribution in [2.45, 2.75) is 59.4 Å². The van der Waals surface area contributed by atoms with Crippen LogP contribution in [0.1, 0.15) is 64.1 Å². The first kappa shape index (κ1) is 15.2. The Labute approximate surface area is 113 Å². The van der Waals surface area contributed by atoms with Crippen molar-refractivity contribution in [1.82, 2.24) is 5.32 Å². The first-order valence-electron chi connectivity index (χ1n) is 7.49. The number of unbranched alkanes of at least 4 members (excludes halogenated alkanes) is 1. The molecule has 1 N–H and O–H groups in total. The fourth-order valence-electron chi connectivity index (χ4n) is 1.99. The van der Waals surface area contributed by atoms with E-state index in [0.717, 1.165) is 12.5 Å². The smallest absolute Gasteiger partial charge is 0.0291 e. The monoisotopic (exact) mass is 247 g/mol. The molecular formula is C17H29N. The Morgan fingerprint density at radius 2 is 1.72 bits per heavy atom. The molecule has 0 saturated carbocycles. The van der Waals surface area contributed by atoms with Gasteiger partial charge in [-0.05, 0) is 43.4 Å². The molecule has 2 unspecified atom stereocenters. The van der Waals surface area contributed by atoms with Crippen LogP contribution in [0.2, 0.25) is 0 Å². The summed E-state index contributed by atoms with van der Waals surface area (Å²) >= 11 is 0. The molecule has 18 heavy (non-hydrogen) atoms. The normalized spacial score (nSPS) is 14.4. The third kappa shape index (κ3) is 5.22. The van der Waals surface area contributed by atoms with E-state index < -0.39 is 0 Å². The van der Waals surface area contributed by atoms with Gasteiger partial charge in [0.1, 0.15) is 0 Å². The Kier molecular flexibility index (Phi) is 7.04. The van der Waals surface area contributed by atoms with Crippen LogP contribution in [0, 0.1) is 5.92 Å². The summed E-state index contributed by atoms with van der Waals surface area (Å²) in [6.07, 6.45) is 5.02. The lowest BCUT2D eigenvalue weighted by atomic mass is 10.0. The minimum atomic E-state index is 0.458. The van der Waals surface area contributed by atoms with E-state index in [0.29, 0.717) is 6.04 Å². The first-order valence-corrected chi connectivity index (χ1v) is 7.49. The molecule has 0 aromatic heterocycles. The van der Waals surface area contributed by atoms with Crippen molar-refractivity contribution in [1.29, 1.82) is 0 Å². The van der Waals surface area contributed by atoms with Gasteiger partial charge in [-0.15, -0.1) is 0 Å². The van der Waals surface area contributed by atoms with Gasteiger partial charge in [0.2, 0.25) is 0 Å². The van der Waals surface area contributed by atoms with Crippen LogP contribution in [0.4, 0.5) is 0 Å². The molecule has 1 heteroatoms. The van der Waals surface area contributed by atoms with Gasteiger partial charge in [0, 0.05) is 6.04 Å². The summed E-state index contributed by atoms with van der Waals surface area (Å²) in [6, 6.07) is 9.58. The summed E-state index contributed by atoms with van der Waals surface area (Å²) in [5.74, 6) is 0.760. The molecule has 0 radical (unpaired) electrons. The zero-order valence-electron chi connectivity index (χ0n) is 12.5. The highest BCUT2D eigenvalue weighted by Crippen LogP contribution is 2.15. The van der Waals surface area contributed by atoms with E-state index in [9.17, 15) is 0 Å². The van der Waals surface area contributed by atoms with Crippen LogP contribution in [0.25, 0.3) is 0 Å². The number of hydrogen-bond acceptors (Lipinski definition) is 1. The van der Waals surface area contributed by atoms with E-state index in [1.54, 1.807) is 0 Å². The van der Waals surface area contributed by atoms with Crippen molar-refractivity contribution in [2.24, 2.45) is 5.92 Å². The average Bonchev–Trinajstić information content (AvgIpc) is 2.42. The Balaban J connectivity index is 2.45. The summed E-state index contributed by atoms with van der Waals surface area (Å²) in [5, 5.41) is 3.61. The zero-order valence-corrected chi connectivity index (χ0v) is 12.5. The second-order valence-corrected chi connectivity index (χ2v) is 5.49. The third-order valence-electron chi connectivity index (χ3n) is 3.77. The van der Waals surface area contributed by atoms with Crippen molar-refractivity contribution < 1.29 is 0 Å². The predicted molar refractivity (Wildman–Crippen MR) is 80.9 cm³/mol. The predicted octanol–water partition coefficient (Wildman–Crippen LogP) is 4.73. The molecule has 0 fully saturated rings. The third-order valence-corrected chi connectivity index (χ3v) is 3.77. The van der Waals surface area contributed by atoms with Gasteiger partial charge in [-0.1, -0.05) is 57.9 Å². The van der Waals surface area contributed by atoms with Crippen molar-refractivity contribution in [2.75, 3.05) is 6.54 Å². The van der Waals surface area contributed by atoms with Gasteiger partial charge in [-0.3, -0.25) is 0 Å². The van der Waals surface area contributed by atoms with Crippen molar-refractivity contribution in [3.63, 3.8) is 0 Å². The molecule has 0 heterocycles. The number of nitrogens with one attached hydrogen (secondary N) is 1. The Bertz CT molecular complexity index is 315. The average molecular weight is 247 g/mol. The van der Waals surface area contributed by atoms with E-state index in [1.807, 2.05) is 0 Å². The van der Waals surface area contributed by atoms with Gasteiger partial charge < -0.3 is 5.32 Å². The molecule has 0 aliphatic heterocycles. The lowest BCUT2D eigenvalue weighted by molar-refractivity contribution is 0.461. The van der Waals surface area contributed by atoms with Gasteiger partial charge in [0.25, 0.3) is 0 Å². The van der Waals surface area contributed by atoms with Crippen LogP contribution in [0.5, 0.6) is 0 Å². The molecule has 1 aromatic rings. The quantitative estimate of drug-likeness (QED) is 0.700. The maximum Gasteiger partial charge on any atom is 0.0291 e. The highest BCUT2D eigenvalue weighted by atomic mass is 14.9. The standard InChI is InChI=1S/C17H29N/c1-5-7-8-16-9-11-17(12-10-16)15(4)18-13-14(3)6-2/h9-12,14-15,18H,5-8,13H2,1-4H3. The van der Waals surface area contributed by atoms with E-state index in [1.165, 1.54) is 36.8 Å². The van der Waals surface area contributed by atoms with E-state index >= 15 is 0 Å². The van der Waals surface area contributed by atoms with Crippen LogP contribution in [-0.4, -0.2) is 6.54 Å². The summed E-state index contributed by atoms with van der Waals surface area (Å²) in [5.41, 5.74) is 2.87. The molecule has 0 aliphatic rings. The number of hydrogen-bond donors (Lipinski definition) is 1. The highest BCUT2D eigenvalue weighted by Gasteiger charge is 2.06. The molecule has 0 spiro atoms. The second-order valence-electron chi connectivity index (χ2n) is 5.49. The van der Waals surface area contributed by atoms with Gasteiger partial charge in [0.05, 0.1) is 0 Å². The molecule has 0 amide bonds. The summed E-state index contributed by atoms with van der Waals surface area (Å²) in [6.45, 7) is 10.2. The number of benzene rings is 1. The van der Waals surface area contributed by atoms with E-state index in [2.05, 4.69) is 57.3 Å². The molecule has 0 aliphatic carbocycles. The molecule has 0 saturated heterocycles. The molecule has 0 bridgehead atoms. The molecule has 1 aromatic carbocycles. The van der Waals surface area contributed by atoms with Crippen molar-refractivity contribution in [3.05, 3.63) is 35.4 Å². The molecule has 2 atom stereocenters. The summed E-state index contributed by atoms with van der Waals surface area (Å²) in [4.78, 5) is 0. The minimum absolute atomic E-state index is 0.458. The lowest BCUT2D eigenvalue weighted by Gasteiger charge is -2.17. The molecule has 1 rings (SSSR count). The van der Waals surface area contributed by atoms with Crippen LogP contribution < -0.4 is 5.32 Å². The fourth-order valence-corrected chi connectivity index (χ4v) is 1.99. The molecular weight excluding hydrogens is 218 g/mol. The van der Waals surface area contributed by atoms with E-state index in [-0.39, 0.29) is 0 Å². The summed E-state index contributed by atoms with van der Waals surface area (Å²) < 4.78 is 0. The topological polar surface area (TPSA) is 12.0 Å². The van der Waals surface area contributed by atoms with Crippen LogP contribution in [0.15, 0.2) is 24.3 Å². The number of rotatable bonds is 8. The van der Waals surface area contributed by atoms with Crippen LogP contribution >= 0.6 is 0 Å². The van der Waals surface area contributed by atoms with Crippen molar-refractivity contribution >= 4 is 0 Å². The van der Waals surface area contributed by atoms with Gasteiger partial charge in [-0.25, -0.2) is 0 Å². The Morgan fingerprint density at radius 1 is 1.06 bits per heavy atom. The Hall–Kier alpha value is -0.820. The largest absolute Gasteiger partial charge is 0.310 e. The van der Waals surface area contributed by atoms with Gasteiger partial charge >= 0.3 is 0 Å².